The second-order valence-corrected chi connectivity index (χ2v) is 6.69. The van der Waals surface area contributed by atoms with Gasteiger partial charge in [0.25, 0.3) is 0 Å². The van der Waals surface area contributed by atoms with Crippen LogP contribution in [0.1, 0.15) is 30.2 Å². The number of hydrogen-bond acceptors (Lipinski definition) is 6. The molecular formula is C20H23ClN4O2. The van der Waals surface area contributed by atoms with Crippen molar-refractivity contribution in [1.82, 2.24) is 15.5 Å². The number of halogens is 1. The molecule has 1 aromatic heterocycles. The van der Waals surface area contributed by atoms with Gasteiger partial charge in [0.05, 0.1) is 17.4 Å². The van der Waals surface area contributed by atoms with Gasteiger partial charge >= 0.3 is 0 Å². The van der Waals surface area contributed by atoms with Gasteiger partial charge in [0.1, 0.15) is 24.2 Å². The minimum absolute atomic E-state index is 0.252. The Hall–Kier alpha value is -2.44. The Morgan fingerprint density at radius 3 is 2.96 bits per heavy atom. The number of hydrogen-bond donors (Lipinski definition) is 1. The monoisotopic (exact) mass is 386 g/mol. The van der Waals surface area contributed by atoms with Crippen LogP contribution in [-0.4, -0.2) is 36.1 Å². The summed E-state index contributed by atoms with van der Waals surface area (Å²) in [6, 6.07) is 9.44. The maximum absolute atomic E-state index is 6.39. The smallest absolute Gasteiger partial charge is 0.147 e. The van der Waals surface area contributed by atoms with Crippen molar-refractivity contribution >= 4 is 17.8 Å². The van der Waals surface area contributed by atoms with Crippen LogP contribution in [0.3, 0.4) is 0 Å². The largest absolute Gasteiger partial charge is 0.484 e. The predicted molar refractivity (Wildman–Crippen MR) is 106 cm³/mol. The molecule has 1 aliphatic heterocycles. The molecule has 0 amide bonds. The molecule has 2 heterocycles. The van der Waals surface area contributed by atoms with Crippen LogP contribution >= 0.6 is 11.6 Å². The van der Waals surface area contributed by atoms with Gasteiger partial charge in [-0.3, -0.25) is 0 Å². The van der Waals surface area contributed by atoms with Crippen molar-refractivity contribution in [2.45, 2.75) is 18.9 Å². The van der Waals surface area contributed by atoms with Gasteiger partial charge in [-0.1, -0.05) is 41.5 Å². The average molecular weight is 387 g/mol. The summed E-state index contributed by atoms with van der Waals surface area (Å²) >= 11 is 6.39. The molecule has 1 atom stereocenters. The number of rotatable bonds is 8. The third-order valence-electron chi connectivity index (χ3n) is 4.37. The Morgan fingerprint density at radius 1 is 1.33 bits per heavy atom. The Balaban J connectivity index is 1.80. The van der Waals surface area contributed by atoms with Gasteiger partial charge in [-0.25, -0.2) is 0 Å². The highest BCUT2D eigenvalue weighted by Gasteiger charge is 2.30. The van der Waals surface area contributed by atoms with Crippen molar-refractivity contribution < 1.29 is 9.57 Å². The van der Waals surface area contributed by atoms with Gasteiger partial charge in [-0.2, -0.15) is 10.2 Å². The summed E-state index contributed by atoms with van der Waals surface area (Å²) in [5.41, 5.74) is 1.56. The zero-order valence-corrected chi connectivity index (χ0v) is 15.8. The lowest BCUT2D eigenvalue weighted by Crippen LogP contribution is -2.33. The summed E-state index contributed by atoms with van der Waals surface area (Å²) in [5.74, 6) is 1.04. The topological polar surface area (TPSA) is 68.6 Å². The fourth-order valence-electron chi connectivity index (χ4n) is 3.05. The van der Waals surface area contributed by atoms with Crippen LogP contribution in [-0.2, 0) is 4.84 Å². The normalized spacial score (nSPS) is 16.2. The number of nitrogens with one attached hydrogen (secondary N) is 1. The molecule has 0 saturated carbocycles. The molecule has 0 bridgehead atoms. The van der Waals surface area contributed by atoms with Gasteiger partial charge < -0.3 is 14.9 Å². The Kier molecular flexibility index (Phi) is 7.19. The van der Waals surface area contributed by atoms with Gasteiger partial charge in [0, 0.05) is 5.92 Å². The second kappa shape index (κ2) is 10.0. The first-order chi connectivity index (χ1) is 13.3. The van der Waals surface area contributed by atoms with Gasteiger partial charge in [-0.15, -0.1) is 0 Å². The van der Waals surface area contributed by atoms with Crippen LogP contribution in [0.25, 0.3) is 0 Å². The summed E-state index contributed by atoms with van der Waals surface area (Å²) in [7, 11) is 0. The van der Waals surface area contributed by atoms with E-state index in [1.807, 2.05) is 24.3 Å². The summed E-state index contributed by atoms with van der Waals surface area (Å²) < 4.78 is 6.36. The van der Waals surface area contributed by atoms with Crippen LogP contribution in [0.4, 0.5) is 0 Å². The molecule has 1 aromatic carbocycles. The van der Waals surface area contributed by atoms with E-state index in [4.69, 9.17) is 21.2 Å². The number of benzene rings is 1. The highest BCUT2D eigenvalue weighted by Crippen LogP contribution is 2.35. The van der Waals surface area contributed by atoms with Crippen molar-refractivity contribution in [2.75, 3.05) is 19.7 Å². The maximum Gasteiger partial charge on any atom is 0.147 e. The van der Waals surface area contributed by atoms with Crippen molar-refractivity contribution in [3.8, 4) is 5.75 Å². The second-order valence-electron chi connectivity index (χ2n) is 6.28. The average Bonchev–Trinajstić information content (AvgIpc) is 2.71. The molecule has 0 radical (unpaired) electrons. The first kappa shape index (κ1) is 19.3. The van der Waals surface area contributed by atoms with Crippen LogP contribution < -0.4 is 10.1 Å². The molecule has 2 aromatic rings. The van der Waals surface area contributed by atoms with Crippen molar-refractivity contribution in [3.63, 3.8) is 0 Å². The molecule has 1 saturated heterocycles. The SMILES string of the molecule is C=CCON=Cc1cccc(OC(c2nnccc2Cl)C2CCNCC2)c1. The quantitative estimate of drug-likeness (QED) is 0.323. The molecule has 1 N–H and O–H groups in total. The zero-order valence-electron chi connectivity index (χ0n) is 15.1. The molecule has 142 valence electrons. The number of aromatic nitrogens is 2. The Bertz CT molecular complexity index is 778. The standard InChI is InChI=1S/C20H23ClN4O2/c1-2-12-26-24-14-15-4-3-5-17(13-15)27-20(16-6-9-22-10-7-16)19-18(21)8-11-23-25-19/h2-5,8,11,13-14,16,20,22H,1,6-7,9-10,12H2. The van der Waals surface area contributed by atoms with E-state index in [-0.39, 0.29) is 6.10 Å². The maximum atomic E-state index is 6.39. The van der Waals surface area contributed by atoms with E-state index in [2.05, 4.69) is 27.2 Å². The molecular weight excluding hydrogens is 364 g/mol. The fourth-order valence-corrected chi connectivity index (χ4v) is 3.25. The number of nitrogens with zero attached hydrogens (tertiary/aromatic N) is 3. The number of oxime groups is 1. The van der Waals surface area contributed by atoms with Crippen LogP contribution in [0.5, 0.6) is 5.75 Å². The molecule has 0 aliphatic carbocycles. The zero-order chi connectivity index (χ0) is 18.9. The minimum Gasteiger partial charge on any atom is -0.484 e. The Labute approximate surface area is 164 Å². The van der Waals surface area contributed by atoms with E-state index in [1.165, 1.54) is 0 Å². The summed E-state index contributed by atoms with van der Waals surface area (Å²) in [6.07, 6.45) is 6.61. The lowest BCUT2D eigenvalue weighted by molar-refractivity contribution is 0.108. The van der Waals surface area contributed by atoms with Crippen LogP contribution in [0.15, 0.2) is 54.3 Å². The fraction of sp³-hybridized carbons (Fsp3) is 0.350. The van der Waals surface area contributed by atoms with Crippen molar-refractivity contribution in [3.05, 3.63) is 65.5 Å². The summed E-state index contributed by atoms with van der Waals surface area (Å²) in [6.45, 7) is 5.87. The van der Waals surface area contributed by atoms with Crippen LogP contribution in [0, 0.1) is 5.92 Å². The minimum atomic E-state index is -0.252. The molecule has 27 heavy (non-hydrogen) atoms. The van der Waals surface area contributed by atoms with Crippen molar-refractivity contribution in [1.29, 1.82) is 0 Å². The number of ether oxygens (including phenoxy) is 1. The van der Waals surface area contributed by atoms with Crippen molar-refractivity contribution in [2.24, 2.45) is 11.1 Å². The van der Waals surface area contributed by atoms with E-state index in [0.717, 1.165) is 37.2 Å². The molecule has 1 aliphatic rings. The molecule has 3 rings (SSSR count). The molecule has 1 unspecified atom stereocenters. The van der Waals surface area contributed by atoms with E-state index in [0.29, 0.717) is 23.2 Å². The third kappa shape index (κ3) is 5.52. The van der Waals surface area contributed by atoms with Gasteiger partial charge in [0.15, 0.2) is 0 Å². The molecule has 1 fully saturated rings. The van der Waals surface area contributed by atoms with E-state index in [9.17, 15) is 0 Å². The summed E-state index contributed by atoms with van der Waals surface area (Å²) in [5, 5.41) is 16.1. The number of piperidine rings is 1. The highest BCUT2D eigenvalue weighted by molar-refractivity contribution is 6.31. The first-order valence-corrected chi connectivity index (χ1v) is 9.36. The molecule has 0 spiro atoms. The highest BCUT2D eigenvalue weighted by atomic mass is 35.5. The van der Waals surface area contributed by atoms with Gasteiger partial charge in [0.2, 0.25) is 0 Å². The third-order valence-corrected chi connectivity index (χ3v) is 4.69. The van der Waals surface area contributed by atoms with E-state index in [1.54, 1.807) is 24.6 Å². The molecule has 6 nitrogen and oxygen atoms in total. The summed E-state index contributed by atoms with van der Waals surface area (Å²) in [4.78, 5) is 5.06. The first-order valence-electron chi connectivity index (χ1n) is 8.98. The predicted octanol–water partition coefficient (Wildman–Crippen LogP) is 3.79. The lowest BCUT2D eigenvalue weighted by Gasteiger charge is -2.31. The lowest BCUT2D eigenvalue weighted by atomic mass is 9.90. The van der Waals surface area contributed by atoms with Gasteiger partial charge in [-0.05, 0) is 49.7 Å². The van der Waals surface area contributed by atoms with E-state index >= 15 is 0 Å². The van der Waals surface area contributed by atoms with E-state index < -0.39 is 0 Å². The molecule has 7 heteroatoms. The van der Waals surface area contributed by atoms with Crippen LogP contribution in [0.2, 0.25) is 5.02 Å². The Morgan fingerprint density at radius 2 is 2.19 bits per heavy atom.